The van der Waals surface area contributed by atoms with Gasteiger partial charge in [-0.25, -0.2) is 4.79 Å². The van der Waals surface area contributed by atoms with Crippen LogP contribution >= 0.6 is 0 Å². The number of aromatic amines is 1. The van der Waals surface area contributed by atoms with Crippen LogP contribution in [0.5, 0.6) is 11.5 Å². The van der Waals surface area contributed by atoms with Crippen molar-refractivity contribution >= 4 is 16.9 Å². The van der Waals surface area contributed by atoms with Gasteiger partial charge in [0.2, 0.25) is 0 Å². The lowest BCUT2D eigenvalue weighted by molar-refractivity contribution is 0.0486. The number of benzene rings is 2. The molecular weight excluding hydrogens is 468 g/mol. The molecule has 8 nitrogen and oxygen atoms in total. The van der Waals surface area contributed by atoms with Gasteiger partial charge < -0.3 is 29.8 Å². The Bertz CT molecular complexity index is 1250. The maximum atomic E-state index is 12.7. The lowest BCUT2D eigenvalue weighted by Crippen LogP contribution is -2.55. The summed E-state index contributed by atoms with van der Waals surface area (Å²) in [6.45, 7) is 5.69. The highest BCUT2D eigenvalue weighted by molar-refractivity contribution is 5.88. The Morgan fingerprint density at radius 2 is 1.89 bits per heavy atom. The number of aliphatic hydroxyl groups is 1. The Kier molecular flexibility index (Phi) is 7.31. The van der Waals surface area contributed by atoms with Gasteiger partial charge in [0.15, 0.2) is 0 Å². The minimum Gasteiger partial charge on any atom is -0.497 e. The van der Waals surface area contributed by atoms with Crippen LogP contribution in [-0.2, 0) is 12.0 Å². The van der Waals surface area contributed by atoms with Gasteiger partial charge in [0, 0.05) is 60.8 Å². The van der Waals surface area contributed by atoms with Crippen molar-refractivity contribution in [2.24, 2.45) is 0 Å². The zero-order valence-corrected chi connectivity index (χ0v) is 22.0. The van der Waals surface area contributed by atoms with Crippen LogP contribution in [0.25, 0.3) is 10.9 Å². The molecule has 0 bridgehead atoms. The number of carbonyl (C=O) groups excluding carboxylic acids is 1. The molecule has 8 heteroatoms. The third-order valence-electron chi connectivity index (χ3n) is 8.07. The molecular formula is C29H38N4O4. The van der Waals surface area contributed by atoms with Gasteiger partial charge in [-0.05, 0) is 54.7 Å². The number of nitrogens with one attached hydrogen (secondary N) is 2. The van der Waals surface area contributed by atoms with Crippen molar-refractivity contribution in [2.45, 2.75) is 44.2 Å². The molecule has 3 N–H and O–H groups in total. The fourth-order valence-corrected chi connectivity index (χ4v) is 6.17. The molecule has 1 aromatic heterocycles. The first-order valence-corrected chi connectivity index (χ1v) is 13.2. The van der Waals surface area contributed by atoms with E-state index in [4.69, 9.17) is 9.47 Å². The van der Waals surface area contributed by atoms with Gasteiger partial charge in [0.05, 0.1) is 26.9 Å². The standard InChI is InChI=1S/C29H38N4O4/c1-4-12-30-28(35)32-13-10-29(11-14-32)19-33(17-20-6-5-7-21(15-20)36-2)25(18-34)27-26(29)23-9-8-22(37-3)16-24(23)31-27/h5-9,15-16,25,31,34H,4,10-14,17-19H2,1-3H3,(H,30,35)/t25-/m1/s1. The monoisotopic (exact) mass is 506 g/mol. The van der Waals surface area contributed by atoms with E-state index in [1.54, 1.807) is 14.2 Å². The molecule has 1 atom stereocenters. The van der Waals surface area contributed by atoms with Gasteiger partial charge in [-0.15, -0.1) is 0 Å². The average Bonchev–Trinajstić information content (AvgIpc) is 3.32. The molecule has 37 heavy (non-hydrogen) atoms. The predicted octanol–water partition coefficient (Wildman–Crippen LogP) is 4.19. The van der Waals surface area contributed by atoms with Crippen molar-refractivity contribution in [1.29, 1.82) is 0 Å². The second-order valence-electron chi connectivity index (χ2n) is 10.3. The van der Waals surface area contributed by atoms with E-state index in [0.717, 1.165) is 54.1 Å². The molecule has 2 aliphatic rings. The maximum Gasteiger partial charge on any atom is 0.317 e. The second-order valence-corrected chi connectivity index (χ2v) is 10.3. The first kappa shape index (κ1) is 25.4. The van der Waals surface area contributed by atoms with E-state index < -0.39 is 0 Å². The topological polar surface area (TPSA) is 90.1 Å². The molecule has 198 valence electrons. The number of H-pyrrole nitrogens is 1. The number of urea groups is 1. The van der Waals surface area contributed by atoms with Crippen LogP contribution in [0.2, 0.25) is 0 Å². The summed E-state index contributed by atoms with van der Waals surface area (Å²) < 4.78 is 11.0. The quantitative estimate of drug-likeness (QED) is 0.447. The fraction of sp³-hybridized carbons (Fsp3) is 0.483. The summed E-state index contributed by atoms with van der Waals surface area (Å²) >= 11 is 0. The molecule has 2 amide bonds. The summed E-state index contributed by atoms with van der Waals surface area (Å²) in [5, 5.41) is 14.8. The molecule has 3 aromatic rings. The lowest BCUT2D eigenvalue weighted by atomic mass is 9.68. The summed E-state index contributed by atoms with van der Waals surface area (Å²) in [6, 6.07) is 14.2. The lowest BCUT2D eigenvalue weighted by Gasteiger charge is -2.50. The number of rotatable bonds is 7. The minimum absolute atomic E-state index is 0.0164. The van der Waals surface area contributed by atoms with Crippen LogP contribution in [0.4, 0.5) is 4.79 Å². The number of aromatic nitrogens is 1. The number of likely N-dealkylation sites (tertiary alicyclic amines) is 1. The van der Waals surface area contributed by atoms with E-state index in [2.05, 4.69) is 40.3 Å². The van der Waals surface area contributed by atoms with Crippen LogP contribution < -0.4 is 14.8 Å². The maximum absolute atomic E-state index is 12.7. The first-order chi connectivity index (χ1) is 18.0. The van der Waals surface area contributed by atoms with Crippen molar-refractivity contribution in [3.8, 4) is 11.5 Å². The van der Waals surface area contributed by atoms with Crippen molar-refractivity contribution in [1.82, 2.24) is 20.1 Å². The molecule has 1 saturated heterocycles. The summed E-state index contributed by atoms with van der Waals surface area (Å²) in [5.74, 6) is 1.63. The summed E-state index contributed by atoms with van der Waals surface area (Å²) in [5.41, 5.74) is 4.40. The predicted molar refractivity (Wildman–Crippen MR) is 144 cm³/mol. The normalized spacial score (nSPS) is 19.1. The van der Waals surface area contributed by atoms with Gasteiger partial charge in [-0.2, -0.15) is 0 Å². The minimum atomic E-state index is -0.156. The molecule has 1 spiro atoms. The number of hydrogen-bond acceptors (Lipinski definition) is 5. The van der Waals surface area contributed by atoms with E-state index in [0.29, 0.717) is 26.2 Å². The first-order valence-electron chi connectivity index (χ1n) is 13.2. The molecule has 2 aliphatic heterocycles. The molecule has 1 fully saturated rings. The van der Waals surface area contributed by atoms with Gasteiger partial charge in [0.1, 0.15) is 11.5 Å². The molecule has 2 aromatic carbocycles. The third-order valence-corrected chi connectivity index (χ3v) is 8.07. The fourth-order valence-electron chi connectivity index (χ4n) is 6.17. The summed E-state index contributed by atoms with van der Waals surface area (Å²) in [6.07, 6.45) is 2.66. The zero-order chi connectivity index (χ0) is 26.0. The van der Waals surface area contributed by atoms with Crippen molar-refractivity contribution < 1.29 is 19.4 Å². The molecule has 5 rings (SSSR count). The molecule has 3 heterocycles. The zero-order valence-electron chi connectivity index (χ0n) is 22.0. The number of aliphatic hydroxyl groups excluding tert-OH is 1. The van der Waals surface area contributed by atoms with Gasteiger partial charge in [-0.1, -0.05) is 19.1 Å². The Balaban J connectivity index is 1.53. The van der Waals surface area contributed by atoms with Gasteiger partial charge >= 0.3 is 6.03 Å². The highest BCUT2D eigenvalue weighted by Gasteiger charge is 2.47. The number of nitrogens with zero attached hydrogens (tertiary/aromatic N) is 2. The highest BCUT2D eigenvalue weighted by atomic mass is 16.5. The molecule has 0 radical (unpaired) electrons. The Morgan fingerprint density at radius 3 is 2.59 bits per heavy atom. The highest BCUT2D eigenvalue weighted by Crippen LogP contribution is 2.49. The molecule has 0 unspecified atom stereocenters. The van der Waals surface area contributed by atoms with E-state index in [1.165, 1.54) is 10.9 Å². The van der Waals surface area contributed by atoms with Crippen LogP contribution in [0.1, 0.15) is 49.0 Å². The smallest absolute Gasteiger partial charge is 0.317 e. The number of methoxy groups -OCH3 is 2. The molecule has 0 saturated carbocycles. The Labute approximate surface area is 218 Å². The number of fused-ring (bicyclic) bond motifs is 4. The van der Waals surface area contributed by atoms with Crippen molar-refractivity contribution in [3.05, 3.63) is 59.3 Å². The largest absolute Gasteiger partial charge is 0.497 e. The number of hydrogen-bond donors (Lipinski definition) is 3. The average molecular weight is 507 g/mol. The SMILES string of the molecule is CCCNC(=O)N1CCC2(CC1)CN(Cc1cccc(OC)c1)[C@H](CO)c1[nH]c3cc(OC)ccc3c12. The number of ether oxygens (including phenoxy) is 2. The van der Waals surface area contributed by atoms with Gasteiger partial charge in [-0.3, -0.25) is 4.90 Å². The van der Waals surface area contributed by atoms with Crippen LogP contribution in [0.15, 0.2) is 42.5 Å². The number of carbonyl (C=O) groups is 1. The van der Waals surface area contributed by atoms with Crippen LogP contribution in [0.3, 0.4) is 0 Å². The van der Waals surface area contributed by atoms with E-state index in [1.807, 2.05) is 29.2 Å². The van der Waals surface area contributed by atoms with Crippen molar-refractivity contribution in [3.63, 3.8) is 0 Å². The van der Waals surface area contributed by atoms with E-state index >= 15 is 0 Å². The van der Waals surface area contributed by atoms with Crippen LogP contribution in [0, 0.1) is 0 Å². The van der Waals surface area contributed by atoms with Crippen LogP contribution in [-0.4, -0.2) is 72.9 Å². The summed E-state index contributed by atoms with van der Waals surface area (Å²) in [4.78, 5) is 20.7. The third kappa shape index (κ3) is 4.76. The van der Waals surface area contributed by atoms with E-state index in [-0.39, 0.29) is 24.1 Å². The van der Waals surface area contributed by atoms with E-state index in [9.17, 15) is 9.90 Å². The second kappa shape index (κ2) is 10.6. The Morgan fingerprint density at radius 1 is 1.14 bits per heavy atom. The Hall–Kier alpha value is -3.23. The summed E-state index contributed by atoms with van der Waals surface area (Å²) in [7, 11) is 3.36. The van der Waals surface area contributed by atoms with Crippen molar-refractivity contribution in [2.75, 3.05) is 47.0 Å². The van der Waals surface area contributed by atoms with Gasteiger partial charge in [0.25, 0.3) is 0 Å². The number of amides is 2. The molecule has 0 aliphatic carbocycles. The number of piperidine rings is 1.